The van der Waals surface area contributed by atoms with E-state index in [1.807, 2.05) is 15.9 Å². The van der Waals surface area contributed by atoms with Crippen molar-refractivity contribution in [3.05, 3.63) is 34.9 Å². The van der Waals surface area contributed by atoms with E-state index in [9.17, 15) is 24.8 Å². The molecule has 5 rings (SSSR count). The van der Waals surface area contributed by atoms with Crippen molar-refractivity contribution >= 4 is 17.8 Å². The number of aromatic carboxylic acids is 1. The summed E-state index contributed by atoms with van der Waals surface area (Å²) in [7, 11) is 0. The first kappa shape index (κ1) is 20.9. The van der Waals surface area contributed by atoms with E-state index in [0.717, 1.165) is 36.8 Å². The zero-order chi connectivity index (χ0) is 22.6. The maximum Gasteiger partial charge on any atom is 0.335 e. The summed E-state index contributed by atoms with van der Waals surface area (Å²) in [5.41, 5.74) is 8.55. The molecular weight excluding hydrogens is 410 g/mol. The minimum absolute atomic E-state index is 0.0196. The molecule has 9 nitrogen and oxygen atoms in total. The number of carbonyl (C=O) groups is 3. The number of aryl methyl sites for hydroxylation is 1. The Morgan fingerprint density at radius 1 is 1.28 bits per heavy atom. The third-order valence-electron chi connectivity index (χ3n) is 7.52. The van der Waals surface area contributed by atoms with Crippen molar-refractivity contribution in [2.24, 2.45) is 5.73 Å². The Morgan fingerprint density at radius 2 is 2.09 bits per heavy atom. The van der Waals surface area contributed by atoms with Crippen LogP contribution in [0, 0.1) is 11.3 Å². The van der Waals surface area contributed by atoms with Gasteiger partial charge in [-0.25, -0.2) is 4.79 Å². The van der Waals surface area contributed by atoms with Gasteiger partial charge >= 0.3 is 5.97 Å². The third kappa shape index (κ3) is 3.26. The SMILES string of the molecule is N#CC1CCCN1C(=O)C(N)CN1CC2C[C@H]1C(=O)N2[C@H]1CCc2cc(C(=O)O)ccc21. The zero-order valence-corrected chi connectivity index (χ0v) is 17.8. The fraction of sp³-hybridized carbons (Fsp3) is 0.565. The molecule has 2 bridgehead atoms. The van der Waals surface area contributed by atoms with E-state index < -0.39 is 18.1 Å². The van der Waals surface area contributed by atoms with E-state index in [0.29, 0.717) is 26.1 Å². The number of carboxylic acid groups (broad SMARTS) is 1. The summed E-state index contributed by atoms with van der Waals surface area (Å²) in [6.45, 7) is 1.56. The number of hydrogen-bond acceptors (Lipinski definition) is 6. The second-order valence-corrected chi connectivity index (χ2v) is 9.30. The molecule has 3 heterocycles. The number of fused-ring (bicyclic) bond motifs is 3. The molecule has 1 aromatic rings. The number of nitrogens with two attached hydrogens (primary N) is 1. The fourth-order valence-electron chi connectivity index (χ4n) is 6.03. The van der Waals surface area contributed by atoms with Crippen LogP contribution in [0.1, 0.15) is 53.2 Å². The first-order valence-corrected chi connectivity index (χ1v) is 11.3. The van der Waals surface area contributed by atoms with Crippen LogP contribution in [0.2, 0.25) is 0 Å². The van der Waals surface area contributed by atoms with E-state index >= 15 is 0 Å². The number of carbonyl (C=O) groups excluding carboxylic acids is 2. The molecule has 0 spiro atoms. The highest BCUT2D eigenvalue weighted by Gasteiger charge is 2.53. The first-order chi connectivity index (χ1) is 15.4. The summed E-state index contributed by atoms with van der Waals surface area (Å²) in [4.78, 5) is 42.9. The van der Waals surface area contributed by atoms with Crippen molar-refractivity contribution in [3.8, 4) is 6.07 Å². The van der Waals surface area contributed by atoms with Gasteiger partial charge in [0.05, 0.1) is 29.8 Å². The van der Waals surface area contributed by atoms with Gasteiger partial charge < -0.3 is 20.6 Å². The standard InChI is InChI=1S/C23H27N5O4/c24-10-15-2-1-7-27(15)21(29)18(25)12-26-11-16-9-20(26)22(30)28(16)19-6-4-13-8-14(23(31)32)3-5-17(13)19/h3,5,8,15-16,18-20H,1-2,4,6-7,9,11-12,25H2,(H,31,32)/t15?,16?,18?,19-,20-/m0/s1. The van der Waals surface area contributed by atoms with Crippen LogP contribution in [0.5, 0.6) is 0 Å². The molecule has 32 heavy (non-hydrogen) atoms. The largest absolute Gasteiger partial charge is 0.478 e. The van der Waals surface area contributed by atoms with Crippen LogP contribution < -0.4 is 5.73 Å². The Balaban J connectivity index is 1.25. The molecule has 4 aliphatic rings. The third-order valence-corrected chi connectivity index (χ3v) is 7.52. The molecule has 3 saturated heterocycles. The number of rotatable bonds is 5. The van der Waals surface area contributed by atoms with Gasteiger partial charge in [-0.2, -0.15) is 5.26 Å². The highest BCUT2D eigenvalue weighted by atomic mass is 16.4. The molecule has 3 N–H and O–H groups in total. The number of nitrogens with zero attached hydrogens (tertiary/aromatic N) is 4. The van der Waals surface area contributed by atoms with Gasteiger partial charge in [-0.1, -0.05) is 6.07 Å². The van der Waals surface area contributed by atoms with Crippen molar-refractivity contribution in [2.75, 3.05) is 19.6 Å². The molecule has 5 atom stereocenters. The average molecular weight is 438 g/mol. The van der Waals surface area contributed by atoms with Crippen molar-refractivity contribution in [3.63, 3.8) is 0 Å². The average Bonchev–Trinajstić information content (AvgIpc) is 3.55. The van der Waals surface area contributed by atoms with Gasteiger partial charge in [-0.05, 0) is 55.4 Å². The number of likely N-dealkylation sites (tertiary alicyclic amines) is 3. The molecule has 1 aliphatic carbocycles. The Morgan fingerprint density at radius 3 is 2.81 bits per heavy atom. The first-order valence-electron chi connectivity index (χ1n) is 11.3. The van der Waals surface area contributed by atoms with Crippen LogP contribution in [0.15, 0.2) is 18.2 Å². The Labute approximate surface area is 186 Å². The molecule has 1 aromatic carbocycles. The van der Waals surface area contributed by atoms with E-state index in [1.54, 1.807) is 17.0 Å². The van der Waals surface area contributed by atoms with E-state index in [1.165, 1.54) is 0 Å². The monoisotopic (exact) mass is 437 g/mol. The summed E-state index contributed by atoms with van der Waals surface area (Å²) in [6.07, 6.45) is 3.80. The highest BCUT2D eigenvalue weighted by molar-refractivity contribution is 5.89. The number of benzene rings is 1. The van der Waals surface area contributed by atoms with Gasteiger partial charge in [0, 0.05) is 25.7 Å². The number of piperazine rings is 1. The fourth-order valence-corrected chi connectivity index (χ4v) is 6.03. The normalized spacial score (nSPS) is 29.9. The molecule has 2 amide bonds. The van der Waals surface area contributed by atoms with Crippen molar-refractivity contribution < 1.29 is 19.5 Å². The Bertz CT molecular complexity index is 1020. The van der Waals surface area contributed by atoms with Gasteiger partial charge in [0.2, 0.25) is 11.8 Å². The second-order valence-electron chi connectivity index (χ2n) is 9.30. The van der Waals surface area contributed by atoms with Gasteiger partial charge in [-0.3, -0.25) is 14.5 Å². The quantitative estimate of drug-likeness (QED) is 0.686. The van der Waals surface area contributed by atoms with Crippen molar-refractivity contribution in [1.82, 2.24) is 14.7 Å². The Hall–Kier alpha value is -2.96. The zero-order valence-electron chi connectivity index (χ0n) is 17.8. The summed E-state index contributed by atoms with van der Waals surface area (Å²) >= 11 is 0. The second kappa shape index (κ2) is 7.87. The topological polar surface area (TPSA) is 131 Å². The summed E-state index contributed by atoms with van der Waals surface area (Å²) in [6, 6.07) is 6.00. The Kier molecular flexibility index (Phi) is 5.14. The van der Waals surface area contributed by atoms with Crippen LogP contribution in [-0.2, 0) is 16.0 Å². The smallest absolute Gasteiger partial charge is 0.335 e. The summed E-state index contributed by atoms with van der Waals surface area (Å²) in [5.74, 6) is -1.08. The van der Waals surface area contributed by atoms with Crippen molar-refractivity contribution in [2.45, 2.75) is 62.3 Å². The molecule has 3 fully saturated rings. The molecule has 9 heteroatoms. The van der Waals surface area contributed by atoms with Crippen molar-refractivity contribution in [1.29, 1.82) is 5.26 Å². The molecule has 3 unspecified atom stereocenters. The lowest BCUT2D eigenvalue weighted by atomic mass is 10.0. The number of carboxylic acids is 1. The molecular formula is C23H27N5O4. The predicted octanol–water partition coefficient (Wildman–Crippen LogP) is 0.499. The van der Waals surface area contributed by atoms with Crippen LogP contribution in [0.4, 0.5) is 0 Å². The van der Waals surface area contributed by atoms with Gasteiger partial charge in [0.1, 0.15) is 6.04 Å². The molecule has 0 radical (unpaired) electrons. The van der Waals surface area contributed by atoms with Gasteiger partial charge in [-0.15, -0.1) is 0 Å². The van der Waals surface area contributed by atoms with E-state index in [2.05, 4.69) is 6.07 Å². The van der Waals surface area contributed by atoms with E-state index in [4.69, 9.17) is 5.73 Å². The maximum absolute atomic E-state index is 13.3. The predicted molar refractivity (Wildman–Crippen MR) is 113 cm³/mol. The number of amides is 2. The lowest BCUT2D eigenvalue weighted by Gasteiger charge is -2.38. The minimum Gasteiger partial charge on any atom is -0.478 e. The summed E-state index contributed by atoms with van der Waals surface area (Å²) < 4.78 is 0. The highest BCUT2D eigenvalue weighted by Crippen LogP contribution is 2.44. The molecule has 0 saturated carbocycles. The van der Waals surface area contributed by atoms with Crippen LogP contribution in [0.3, 0.4) is 0 Å². The number of nitriles is 1. The molecule has 168 valence electrons. The maximum atomic E-state index is 13.3. The summed E-state index contributed by atoms with van der Waals surface area (Å²) in [5, 5.41) is 18.5. The van der Waals surface area contributed by atoms with E-state index in [-0.39, 0.29) is 35.5 Å². The van der Waals surface area contributed by atoms with Crippen LogP contribution in [-0.4, -0.2) is 81.4 Å². The lowest BCUT2D eigenvalue weighted by Crippen LogP contribution is -2.56. The number of hydrogen-bond donors (Lipinski definition) is 2. The van der Waals surface area contributed by atoms with Crippen LogP contribution >= 0.6 is 0 Å². The lowest BCUT2D eigenvalue weighted by molar-refractivity contribution is -0.141. The van der Waals surface area contributed by atoms with Gasteiger partial charge in [0.25, 0.3) is 0 Å². The molecule has 0 aromatic heterocycles. The van der Waals surface area contributed by atoms with Gasteiger partial charge in [0.15, 0.2) is 0 Å². The molecule has 3 aliphatic heterocycles. The minimum atomic E-state index is -0.941. The van der Waals surface area contributed by atoms with Crippen LogP contribution in [0.25, 0.3) is 0 Å².